The van der Waals surface area contributed by atoms with Crippen LogP contribution in [0.25, 0.3) is 0 Å². The fraction of sp³-hybridized carbons (Fsp3) is 0.241. The van der Waals surface area contributed by atoms with E-state index in [2.05, 4.69) is 10.3 Å². The molecule has 2 amide bonds. The molecule has 1 N–H and O–H groups in total. The van der Waals surface area contributed by atoms with Gasteiger partial charge >= 0.3 is 0 Å². The highest BCUT2D eigenvalue weighted by molar-refractivity contribution is 8.15. The van der Waals surface area contributed by atoms with Gasteiger partial charge in [0.15, 0.2) is 5.17 Å². The van der Waals surface area contributed by atoms with Gasteiger partial charge in [-0.3, -0.25) is 9.59 Å². The predicted octanol–water partition coefficient (Wildman–Crippen LogP) is 5.49. The SMILES string of the molecule is COc1ccc([C@@H]2CC(c3ccccc3)=NN2C2=NC(=O)[C@H](CC(=O)Nc3ccc(C)cc3C)S2)cc1. The van der Waals surface area contributed by atoms with Gasteiger partial charge in [0, 0.05) is 18.5 Å². The van der Waals surface area contributed by atoms with Crippen molar-refractivity contribution in [2.24, 2.45) is 10.1 Å². The first-order valence-corrected chi connectivity index (χ1v) is 13.0. The van der Waals surface area contributed by atoms with Crippen LogP contribution < -0.4 is 10.1 Å². The van der Waals surface area contributed by atoms with E-state index in [1.54, 1.807) is 7.11 Å². The number of rotatable bonds is 6. The van der Waals surface area contributed by atoms with Crippen LogP contribution in [0.15, 0.2) is 82.9 Å². The normalized spacial score (nSPS) is 19.0. The number of amidine groups is 1. The molecule has 2 aliphatic rings. The Morgan fingerprint density at radius 2 is 1.84 bits per heavy atom. The van der Waals surface area contributed by atoms with E-state index >= 15 is 0 Å². The molecule has 0 saturated carbocycles. The van der Waals surface area contributed by atoms with Crippen LogP contribution in [0.4, 0.5) is 5.69 Å². The zero-order valence-electron chi connectivity index (χ0n) is 21.0. The van der Waals surface area contributed by atoms with Crippen LogP contribution in [0.1, 0.15) is 41.1 Å². The minimum absolute atomic E-state index is 0.0418. The van der Waals surface area contributed by atoms with Crippen molar-refractivity contribution in [1.82, 2.24) is 5.01 Å². The molecule has 0 radical (unpaired) electrons. The van der Waals surface area contributed by atoms with Gasteiger partial charge in [-0.2, -0.15) is 10.1 Å². The number of carbonyl (C=O) groups is 2. The van der Waals surface area contributed by atoms with Gasteiger partial charge in [0.05, 0.1) is 18.9 Å². The van der Waals surface area contributed by atoms with Crippen LogP contribution in [0.3, 0.4) is 0 Å². The summed E-state index contributed by atoms with van der Waals surface area (Å²) in [4.78, 5) is 30.0. The average molecular weight is 513 g/mol. The third-order valence-corrected chi connectivity index (χ3v) is 7.61. The molecule has 2 atom stereocenters. The molecular formula is C29H28N4O3S. The van der Waals surface area contributed by atoms with Crippen molar-refractivity contribution in [2.75, 3.05) is 12.4 Å². The van der Waals surface area contributed by atoms with E-state index < -0.39 is 5.25 Å². The Labute approximate surface area is 220 Å². The lowest BCUT2D eigenvalue weighted by Gasteiger charge is -2.23. The number of ether oxygens (including phenoxy) is 1. The van der Waals surface area contributed by atoms with Gasteiger partial charge in [-0.05, 0) is 48.7 Å². The maximum atomic E-state index is 12.8. The second-order valence-electron chi connectivity index (χ2n) is 9.16. The standard InChI is InChI=1S/C29H28N4O3S/c1-18-9-14-23(19(2)15-18)30-27(34)17-26-28(35)31-29(37-26)33-25(21-10-12-22(36-3)13-11-21)16-24(32-33)20-7-5-4-6-8-20/h4-15,25-26H,16-17H2,1-3H3,(H,30,34)/t25-,26-/m0/s1. The molecule has 0 unspecified atom stereocenters. The zero-order valence-corrected chi connectivity index (χ0v) is 21.8. The molecule has 188 valence electrons. The van der Waals surface area contributed by atoms with Crippen LogP contribution in [0, 0.1) is 13.8 Å². The van der Waals surface area contributed by atoms with E-state index in [0.29, 0.717) is 11.6 Å². The third kappa shape index (κ3) is 5.44. The van der Waals surface area contributed by atoms with Gasteiger partial charge in [-0.15, -0.1) is 0 Å². The van der Waals surface area contributed by atoms with Crippen LogP contribution in [0.5, 0.6) is 5.75 Å². The maximum absolute atomic E-state index is 12.8. The predicted molar refractivity (Wildman–Crippen MR) is 148 cm³/mol. The van der Waals surface area contributed by atoms with Crippen LogP contribution >= 0.6 is 11.8 Å². The first-order chi connectivity index (χ1) is 17.9. The summed E-state index contributed by atoms with van der Waals surface area (Å²) in [6.07, 6.45) is 0.710. The number of thioether (sulfide) groups is 1. The minimum atomic E-state index is -0.590. The Kier molecular flexibility index (Phi) is 7.10. The first-order valence-electron chi connectivity index (χ1n) is 12.1. The molecule has 2 aliphatic heterocycles. The number of hydrogen-bond donors (Lipinski definition) is 1. The lowest BCUT2D eigenvalue weighted by atomic mass is 9.98. The van der Waals surface area contributed by atoms with E-state index in [1.807, 2.05) is 91.7 Å². The number of carbonyl (C=O) groups excluding carboxylic acids is 2. The molecule has 0 bridgehead atoms. The monoisotopic (exact) mass is 512 g/mol. The van der Waals surface area contributed by atoms with E-state index in [9.17, 15) is 9.59 Å². The fourth-order valence-corrected chi connectivity index (χ4v) is 5.57. The Bertz CT molecular complexity index is 1390. The van der Waals surface area contributed by atoms with Crippen molar-refractivity contribution in [3.8, 4) is 5.75 Å². The Balaban J connectivity index is 1.34. The number of hydrogen-bond acceptors (Lipinski definition) is 6. The van der Waals surface area contributed by atoms with Gasteiger partial charge in [0.1, 0.15) is 11.0 Å². The summed E-state index contributed by atoms with van der Waals surface area (Å²) in [6, 6.07) is 23.6. The topological polar surface area (TPSA) is 83.4 Å². The van der Waals surface area contributed by atoms with E-state index in [4.69, 9.17) is 9.84 Å². The quantitative estimate of drug-likeness (QED) is 0.472. The zero-order chi connectivity index (χ0) is 25.9. The summed E-state index contributed by atoms with van der Waals surface area (Å²) in [6.45, 7) is 3.96. The van der Waals surface area contributed by atoms with Crippen molar-refractivity contribution >= 4 is 40.1 Å². The number of aliphatic imine (C=N–C) groups is 1. The highest BCUT2D eigenvalue weighted by Crippen LogP contribution is 2.39. The summed E-state index contributed by atoms with van der Waals surface area (Å²) in [5, 5.41) is 9.58. The van der Waals surface area contributed by atoms with Crippen LogP contribution in [0.2, 0.25) is 0 Å². The molecule has 8 heteroatoms. The fourth-order valence-electron chi connectivity index (χ4n) is 4.51. The number of benzene rings is 3. The molecule has 0 saturated heterocycles. The van der Waals surface area contributed by atoms with Crippen LogP contribution in [-0.2, 0) is 9.59 Å². The second kappa shape index (κ2) is 10.6. The van der Waals surface area contributed by atoms with Gasteiger partial charge in [-0.25, -0.2) is 5.01 Å². The van der Waals surface area contributed by atoms with Crippen molar-refractivity contribution < 1.29 is 14.3 Å². The van der Waals surface area contributed by atoms with Gasteiger partial charge in [-0.1, -0.05) is 71.9 Å². The first kappa shape index (κ1) is 24.8. The summed E-state index contributed by atoms with van der Waals surface area (Å²) < 4.78 is 5.32. The van der Waals surface area contributed by atoms with Crippen LogP contribution in [-0.4, -0.2) is 40.1 Å². The largest absolute Gasteiger partial charge is 0.497 e. The number of amides is 2. The van der Waals surface area contributed by atoms with Crippen molar-refractivity contribution in [3.63, 3.8) is 0 Å². The summed E-state index contributed by atoms with van der Waals surface area (Å²) in [7, 11) is 1.64. The smallest absolute Gasteiger partial charge is 0.262 e. The molecule has 0 spiro atoms. The number of methoxy groups -OCH3 is 1. The Morgan fingerprint density at radius 3 is 2.54 bits per heavy atom. The maximum Gasteiger partial charge on any atom is 0.262 e. The van der Waals surface area contributed by atoms with E-state index in [-0.39, 0.29) is 24.3 Å². The molecular weight excluding hydrogens is 484 g/mol. The number of hydrazone groups is 1. The van der Waals surface area contributed by atoms with Gasteiger partial charge < -0.3 is 10.1 Å². The average Bonchev–Trinajstić information content (AvgIpc) is 3.50. The van der Waals surface area contributed by atoms with E-state index in [0.717, 1.165) is 39.4 Å². The summed E-state index contributed by atoms with van der Waals surface area (Å²) >= 11 is 1.30. The molecule has 0 fully saturated rings. The third-order valence-electron chi connectivity index (χ3n) is 6.47. The Morgan fingerprint density at radius 1 is 1.08 bits per heavy atom. The summed E-state index contributed by atoms with van der Waals surface area (Å²) in [5.74, 6) is 0.249. The van der Waals surface area contributed by atoms with Crippen molar-refractivity contribution in [2.45, 2.75) is 38.0 Å². The minimum Gasteiger partial charge on any atom is -0.497 e. The molecule has 2 heterocycles. The second-order valence-corrected chi connectivity index (χ2v) is 10.3. The molecule has 7 nitrogen and oxygen atoms in total. The lowest BCUT2D eigenvalue weighted by molar-refractivity contribution is -0.121. The molecule has 0 aromatic heterocycles. The molecule has 3 aromatic rings. The number of nitrogens with one attached hydrogen (secondary N) is 1. The highest BCUT2D eigenvalue weighted by Gasteiger charge is 2.39. The highest BCUT2D eigenvalue weighted by atomic mass is 32.2. The van der Waals surface area contributed by atoms with Gasteiger partial charge in [0.2, 0.25) is 5.91 Å². The number of anilines is 1. The molecule has 0 aliphatic carbocycles. The lowest BCUT2D eigenvalue weighted by Crippen LogP contribution is -2.25. The van der Waals surface area contributed by atoms with Gasteiger partial charge in [0.25, 0.3) is 5.91 Å². The van der Waals surface area contributed by atoms with Crippen molar-refractivity contribution in [3.05, 3.63) is 95.1 Å². The van der Waals surface area contributed by atoms with E-state index in [1.165, 1.54) is 11.8 Å². The Hall–Kier alpha value is -3.91. The number of nitrogens with zero attached hydrogens (tertiary/aromatic N) is 3. The number of aryl methyl sites for hydroxylation is 2. The van der Waals surface area contributed by atoms with Crippen molar-refractivity contribution in [1.29, 1.82) is 0 Å². The molecule has 5 rings (SSSR count). The molecule has 37 heavy (non-hydrogen) atoms. The molecule has 3 aromatic carbocycles. The summed E-state index contributed by atoms with van der Waals surface area (Å²) in [5.41, 5.74) is 5.86.